The van der Waals surface area contributed by atoms with Crippen LogP contribution in [0, 0.1) is 5.82 Å². The van der Waals surface area contributed by atoms with Crippen molar-refractivity contribution < 1.29 is 9.13 Å². The molecule has 2 heterocycles. The fourth-order valence-corrected chi connectivity index (χ4v) is 2.96. The number of rotatable bonds is 8. The number of fused-ring (bicyclic) bond motifs is 1. The molecule has 0 atom stereocenters. The standard InChI is InChI=1S/C21H26FN5O/c1-3-23-21(27-13-15-7-9-24-20(11-15)28-4-2)25-10-8-16-14-26-19-6-5-17(22)12-18(16)19/h5-7,9,11-12,14,26H,3-4,8,10,13H2,1-2H3,(H2,23,25,27). The van der Waals surface area contributed by atoms with Crippen molar-refractivity contribution in [3.8, 4) is 5.88 Å². The van der Waals surface area contributed by atoms with E-state index in [9.17, 15) is 4.39 Å². The van der Waals surface area contributed by atoms with Crippen LogP contribution in [-0.4, -0.2) is 35.6 Å². The van der Waals surface area contributed by atoms with Gasteiger partial charge in [0.1, 0.15) is 5.82 Å². The predicted molar refractivity (Wildman–Crippen MR) is 110 cm³/mol. The number of benzene rings is 1. The molecule has 0 amide bonds. The average Bonchev–Trinajstić information content (AvgIpc) is 3.09. The first-order chi connectivity index (χ1) is 13.7. The zero-order valence-corrected chi connectivity index (χ0v) is 16.3. The minimum Gasteiger partial charge on any atom is -0.478 e. The quantitative estimate of drug-likeness (QED) is 0.412. The van der Waals surface area contributed by atoms with Crippen molar-refractivity contribution in [3.63, 3.8) is 0 Å². The van der Waals surface area contributed by atoms with Gasteiger partial charge in [-0.1, -0.05) is 0 Å². The van der Waals surface area contributed by atoms with Crippen molar-refractivity contribution in [2.45, 2.75) is 26.8 Å². The summed E-state index contributed by atoms with van der Waals surface area (Å²) >= 11 is 0. The van der Waals surface area contributed by atoms with E-state index in [0.717, 1.165) is 41.0 Å². The maximum Gasteiger partial charge on any atom is 0.213 e. The van der Waals surface area contributed by atoms with Gasteiger partial charge < -0.3 is 20.4 Å². The zero-order valence-electron chi connectivity index (χ0n) is 16.3. The molecule has 0 saturated heterocycles. The highest BCUT2D eigenvalue weighted by molar-refractivity contribution is 5.83. The lowest BCUT2D eigenvalue weighted by molar-refractivity contribution is 0.326. The summed E-state index contributed by atoms with van der Waals surface area (Å²) in [5.41, 5.74) is 3.05. The minimum atomic E-state index is -0.222. The Labute approximate surface area is 164 Å². The fraction of sp³-hybridized carbons (Fsp3) is 0.333. The summed E-state index contributed by atoms with van der Waals surface area (Å²) in [6, 6.07) is 8.62. The van der Waals surface area contributed by atoms with E-state index in [-0.39, 0.29) is 5.82 Å². The van der Waals surface area contributed by atoms with E-state index in [1.807, 2.05) is 32.2 Å². The van der Waals surface area contributed by atoms with Crippen LogP contribution in [0.4, 0.5) is 4.39 Å². The highest BCUT2D eigenvalue weighted by Gasteiger charge is 2.06. The van der Waals surface area contributed by atoms with Crippen LogP contribution in [0.25, 0.3) is 10.9 Å². The average molecular weight is 383 g/mol. The lowest BCUT2D eigenvalue weighted by Gasteiger charge is -2.11. The molecular weight excluding hydrogens is 357 g/mol. The van der Waals surface area contributed by atoms with Gasteiger partial charge in [0.15, 0.2) is 5.96 Å². The van der Waals surface area contributed by atoms with Gasteiger partial charge in [0.2, 0.25) is 5.88 Å². The Balaban J connectivity index is 1.60. The molecule has 148 valence electrons. The number of nitrogens with one attached hydrogen (secondary N) is 3. The minimum absolute atomic E-state index is 0.222. The number of hydrogen-bond acceptors (Lipinski definition) is 3. The molecule has 2 aromatic heterocycles. The number of aromatic amines is 1. The van der Waals surface area contributed by atoms with E-state index in [1.165, 1.54) is 6.07 Å². The summed E-state index contributed by atoms with van der Waals surface area (Å²) in [7, 11) is 0. The van der Waals surface area contributed by atoms with Crippen molar-refractivity contribution in [3.05, 3.63) is 59.7 Å². The molecule has 0 radical (unpaired) electrons. The van der Waals surface area contributed by atoms with Crippen LogP contribution in [0.2, 0.25) is 0 Å². The second-order valence-corrected chi connectivity index (χ2v) is 6.31. The van der Waals surface area contributed by atoms with Gasteiger partial charge in [-0.05, 0) is 55.7 Å². The van der Waals surface area contributed by atoms with Crippen LogP contribution in [0.3, 0.4) is 0 Å². The molecule has 1 aromatic carbocycles. The van der Waals surface area contributed by atoms with Gasteiger partial charge in [-0.15, -0.1) is 0 Å². The summed E-state index contributed by atoms with van der Waals surface area (Å²) in [6.45, 7) is 6.53. The highest BCUT2D eigenvalue weighted by atomic mass is 19.1. The summed E-state index contributed by atoms with van der Waals surface area (Å²) in [6.07, 6.45) is 4.42. The number of H-pyrrole nitrogens is 1. The monoisotopic (exact) mass is 383 g/mol. The van der Waals surface area contributed by atoms with Gasteiger partial charge in [-0.2, -0.15) is 0 Å². The van der Waals surface area contributed by atoms with E-state index in [0.29, 0.717) is 25.6 Å². The van der Waals surface area contributed by atoms with Crippen LogP contribution in [0.1, 0.15) is 25.0 Å². The number of hydrogen-bond donors (Lipinski definition) is 3. The number of pyridine rings is 1. The number of aliphatic imine (C=N–C) groups is 1. The highest BCUT2D eigenvalue weighted by Crippen LogP contribution is 2.19. The first-order valence-electron chi connectivity index (χ1n) is 9.55. The largest absolute Gasteiger partial charge is 0.478 e. The Hall–Kier alpha value is -3.09. The Kier molecular flexibility index (Phi) is 6.84. The van der Waals surface area contributed by atoms with Gasteiger partial charge in [-0.25, -0.2) is 14.4 Å². The van der Waals surface area contributed by atoms with Crippen LogP contribution < -0.4 is 15.4 Å². The van der Waals surface area contributed by atoms with E-state index < -0.39 is 0 Å². The molecule has 0 aliphatic heterocycles. The maximum atomic E-state index is 13.5. The lowest BCUT2D eigenvalue weighted by atomic mass is 10.1. The van der Waals surface area contributed by atoms with Gasteiger partial charge in [0.25, 0.3) is 0 Å². The number of aromatic nitrogens is 2. The molecule has 3 rings (SSSR count). The summed E-state index contributed by atoms with van der Waals surface area (Å²) < 4.78 is 18.9. The zero-order chi connectivity index (χ0) is 19.8. The van der Waals surface area contributed by atoms with Crippen molar-refractivity contribution >= 4 is 16.9 Å². The second-order valence-electron chi connectivity index (χ2n) is 6.31. The summed E-state index contributed by atoms with van der Waals surface area (Å²) in [5, 5.41) is 7.50. The molecule has 3 aromatic rings. The Morgan fingerprint density at radius 3 is 2.93 bits per heavy atom. The third kappa shape index (κ3) is 5.22. The Morgan fingerprint density at radius 2 is 2.11 bits per heavy atom. The number of halogens is 1. The van der Waals surface area contributed by atoms with Gasteiger partial charge >= 0.3 is 0 Å². The number of nitrogens with zero attached hydrogens (tertiary/aromatic N) is 2. The normalized spacial score (nSPS) is 11.6. The molecule has 0 unspecified atom stereocenters. The van der Waals surface area contributed by atoms with E-state index in [2.05, 4.69) is 25.6 Å². The molecule has 0 bridgehead atoms. The summed E-state index contributed by atoms with van der Waals surface area (Å²) in [4.78, 5) is 12.0. The third-order valence-corrected chi connectivity index (χ3v) is 4.27. The molecule has 3 N–H and O–H groups in total. The van der Waals surface area contributed by atoms with Crippen molar-refractivity contribution in [1.82, 2.24) is 20.6 Å². The van der Waals surface area contributed by atoms with Gasteiger partial charge in [-0.3, -0.25) is 0 Å². The van der Waals surface area contributed by atoms with E-state index >= 15 is 0 Å². The number of guanidine groups is 1. The summed E-state index contributed by atoms with van der Waals surface area (Å²) in [5.74, 6) is 1.13. The van der Waals surface area contributed by atoms with Crippen LogP contribution in [0.15, 0.2) is 47.7 Å². The van der Waals surface area contributed by atoms with Crippen molar-refractivity contribution in [2.24, 2.45) is 4.99 Å². The van der Waals surface area contributed by atoms with E-state index in [4.69, 9.17) is 4.74 Å². The topological polar surface area (TPSA) is 74.3 Å². The Morgan fingerprint density at radius 1 is 1.21 bits per heavy atom. The fourth-order valence-electron chi connectivity index (χ4n) is 2.96. The maximum absolute atomic E-state index is 13.5. The van der Waals surface area contributed by atoms with Crippen molar-refractivity contribution in [2.75, 3.05) is 19.7 Å². The Bertz CT molecular complexity index is 937. The number of ether oxygens (including phenoxy) is 1. The molecule has 0 saturated carbocycles. The molecule has 0 spiro atoms. The lowest BCUT2D eigenvalue weighted by Crippen LogP contribution is -2.38. The van der Waals surface area contributed by atoms with Crippen LogP contribution >= 0.6 is 0 Å². The molecule has 0 aliphatic rings. The first kappa shape index (κ1) is 19.7. The molecule has 0 fully saturated rings. The molecular formula is C21H26FN5O. The SMILES string of the molecule is CCNC(=NCc1ccnc(OCC)c1)NCCc1c[nH]c2ccc(F)cc12. The molecule has 0 aliphatic carbocycles. The second kappa shape index (κ2) is 9.73. The van der Waals surface area contributed by atoms with Gasteiger partial charge in [0.05, 0.1) is 13.2 Å². The molecule has 6 nitrogen and oxygen atoms in total. The first-order valence-corrected chi connectivity index (χ1v) is 9.55. The smallest absolute Gasteiger partial charge is 0.213 e. The third-order valence-electron chi connectivity index (χ3n) is 4.27. The van der Waals surface area contributed by atoms with E-state index in [1.54, 1.807) is 18.3 Å². The van der Waals surface area contributed by atoms with Gasteiger partial charge in [0, 0.05) is 42.5 Å². The predicted octanol–water partition coefficient (Wildman–Crippen LogP) is 3.40. The molecule has 28 heavy (non-hydrogen) atoms. The molecule has 7 heteroatoms. The van der Waals surface area contributed by atoms with Crippen LogP contribution in [0.5, 0.6) is 5.88 Å². The van der Waals surface area contributed by atoms with Crippen molar-refractivity contribution in [1.29, 1.82) is 0 Å². The van der Waals surface area contributed by atoms with Crippen LogP contribution in [-0.2, 0) is 13.0 Å².